The molecule has 0 spiro atoms. The van der Waals surface area contributed by atoms with Crippen molar-refractivity contribution in [3.05, 3.63) is 34.3 Å². The highest BCUT2D eigenvalue weighted by Gasteiger charge is 2.71. The van der Waals surface area contributed by atoms with Crippen molar-refractivity contribution in [2.24, 2.45) is 5.41 Å². The summed E-state index contributed by atoms with van der Waals surface area (Å²) in [5.74, 6) is -0.319. The number of nitrogens with zero attached hydrogens (tertiary/aromatic N) is 1. The molecule has 1 fully saturated rings. The molecule has 0 aromatic heterocycles. The van der Waals surface area contributed by atoms with Crippen LogP contribution in [0.5, 0.6) is 0 Å². The molecule has 6 heteroatoms. The average Bonchev–Trinajstić information content (AvgIpc) is 3.00. The van der Waals surface area contributed by atoms with Gasteiger partial charge in [-0.15, -0.1) is 0 Å². The molecule has 1 aliphatic rings. The van der Waals surface area contributed by atoms with Crippen LogP contribution in [0.3, 0.4) is 0 Å². The van der Waals surface area contributed by atoms with Crippen molar-refractivity contribution in [2.75, 3.05) is 20.0 Å². The molecule has 1 aromatic rings. The molecule has 0 bridgehead atoms. The smallest absolute Gasteiger partial charge is 0.152 e. The van der Waals surface area contributed by atoms with Gasteiger partial charge in [0.2, 0.25) is 0 Å². The maximum Gasteiger partial charge on any atom is 0.152 e. The van der Waals surface area contributed by atoms with Gasteiger partial charge in [0.05, 0.1) is 17.9 Å². The van der Waals surface area contributed by atoms with Crippen molar-refractivity contribution in [3.8, 4) is 6.07 Å². The summed E-state index contributed by atoms with van der Waals surface area (Å²) in [6.07, 6.45) is 1.18. The van der Waals surface area contributed by atoms with Gasteiger partial charge in [-0.1, -0.05) is 28.1 Å². The van der Waals surface area contributed by atoms with Gasteiger partial charge in [0.1, 0.15) is 5.41 Å². The lowest BCUT2D eigenvalue weighted by Crippen LogP contribution is -2.17. The highest BCUT2D eigenvalue weighted by atomic mass is 79.9. The van der Waals surface area contributed by atoms with E-state index >= 15 is 0 Å². The van der Waals surface area contributed by atoms with E-state index in [2.05, 4.69) is 22.0 Å². The zero-order valence-corrected chi connectivity index (χ0v) is 13.0. The van der Waals surface area contributed by atoms with Gasteiger partial charge in [-0.2, -0.15) is 5.26 Å². The van der Waals surface area contributed by atoms with Gasteiger partial charge in [-0.05, 0) is 17.7 Å². The molecule has 3 atom stereocenters. The Bertz CT molecular complexity index is 620. The Morgan fingerprint density at radius 2 is 2.00 bits per heavy atom. The maximum atomic E-state index is 11.9. The first kappa shape index (κ1) is 14.5. The van der Waals surface area contributed by atoms with Crippen LogP contribution in [-0.2, 0) is 14.6 Å². The van der Waals surface area contributed by atoms with E-state index < -0.39 is 20.5 Å². The van der Waals surface area contributed by atoms with Crippen molar-refractivity contribution in [3.63, 3.8) is 0 Å². The second kappa shape index (κ2) is 4.89. The largest absolute Gasteiger partial charge is 0.383 e. The quantitative estimate of drug-likeness (QED) is 0.839. The Labute approximate surface area is 121 Å². The maximum absolute atomic E-state index is 11.9. The standard InChI is InChI=1S/C13H14BrNO3S/c1-18-8-13(7-15)11(12(13)19(2,16)17)9-3-5-10(14)6-4-9/h3-6,11-12H,8H2,1-2H3. The lowest BCUT2D eigenvalue weighted by atomic mass is 10.0. The number of halogens is 1. The summed E-state index contributed by atoms with van der Waals surface area (Å²) in [5, 5.41) is 8.72. The van der Waals surface area contributed by atoms with Gasteiger partial charge in [0.15, 0.2) is 9.84 Å². The predicted octanol–water partition coefficient (Wildman–Crippen LogP) is 2.12. The molecular formula is C13H14BrNO3S. The van der Waals surface area contributed by atoms with E-state index in [1.807, 2.05) is 24.3 Å². The van der Waals surface area contributed by atoms with Gasteiger partial charge in [0.25, 0.3) is 0 Å². The van der Waals surface area contributed by atoms with E-state index in [1.54, 1.807) is 0 Å². The van der Waals surface area contributed by atoms with Gasteiger partial charge in [0, 0.05) is 23.8 Å². The highest BCUT2D eigenvalue weighted by Crippen LogP contribution is 2.62. The third-order valence-electron chi connectivity index (χ3n) is 3.54. The highest BCUT2D eigenvalue weighted by molar-refractivity contribution is 9.10. The summed E-state index contributed by atoms with van der Waals surface area (Å²) in [6.45, 7) is 0.127. The molecule has 2 rings (SSSR count). The van der Waals surface area contributed by atoms with Gasteiger partial charge in [-0.3, -0.25) is 0 Å². The summed E-state index contributed by atoms with van der Waals surface area (Å²) >= 11 is 3.34. The Balaban J connectivity index is 2.44. The van der Waals surface area contributed by atoms with E-state index in [4.69, 9.17) is 4.74 Å². The van der Waals surface area contributed by atoms with E-state index in [1.165, 1.54) is 13.4 Å². The fourth-order valence-electron chi connectivity index (χ4n) is 2.75. The molecule has 0 aliphatic heterocycles. The zero-order chi connectivity index (χ0) is 14.3. The van der Waals surface area contributed by atoms with Crippen molar-refractivity contribution in [1.82, 2.24) is 0 Å². The molecule has 1 aromatic carbocycles. The lowest BCUT2D eigenvalue weighted by Gasteiger charge is -2.06. The van der Waals surface area contributed by atoms with Gasteiger partial charge < -0.3 is 4.74 Å². The molecular weight excluding hydrogens is 330 g/mol. The summed E-state index contributed by atoms with van der Waals surface area (Å²) in [4.78, 5) is 0. The van der Waals surface area contributed by atoms with Crippen LogP contribution in [0, 0.1) is 16.7 Å². The van der Waals surface area contributed by atoms with Crippen LogP contribution in [-0.4, -0.2) is 33.6 Å². The SMILES string of the molecule is COCC1(C#N)C(c2ccc(Br)cc2)C1S(C)(=O)=O. The fraction of sp³-hybridized carbons (Fsp3) is 0.462. The average molecular weight is 344 g/mol. The molecule has 0 amide bonds. The molecule has 1 aliphatic carbocycles. The van der Waals surface area contributed by atoms with Crippen LogP contribution in [0.2, 0.25) is 0 Å². The van der Waals surface area contributed by atoms with Crippen molar-refractivity contribution in [1.29, 1.82) is 5.26 Å². The van der Waals surface area contributed by atoms with Gasteiger partial charge in [-0.25, -0.2) is 8.42 Å². The number of methoxy groups -OCH3 is 1. The number of ether oxygens (including phenoxy) is 1. The number of hydrogen-bond acceptors (Lipinski definition) is 4. The number of benzene rings is 1. The van der Waals surface area contributed by atoms with Crippen molar-refractivity contribution < 1.29 is 13.2 Å². The van der Waals surface area contributed by atoms with Crippen molar-refractivity contribution in [2.45, 2.75) is 11.2 Å². The van der Waals surface area contributed by atoms with E-state index in [9.17, 15) is 13.7 Å². The van der Waals surface area contributed by atoms with Crippen molar-refractivity contribution >= 4 is 25.8 Å². The van der Waals surface area contributed by atoms with Gasteiger partial charge >= 0.3 is 0 Å². The Morgan fingerprint density at radius 1 is 1.42 bits per heavy atom. The predicted molar refractivity (Wildman–Crippen MR) is 75.4 cm³/mol. The van der Waals surface area contributed by atoms with E-state index in [-0.39, 0.29) is 12.5 Å². The topological polar surface area (TPSA) is 67.2 Å². The molecule has 0 heterocycles. The molecule has 0 saturated heterocycles. The molecule has 0 radical (unpaired) electrons. The molecule has 1 saturated carbocycles. The molecule has 3 unspecified atom stereocenters. The number of rotatable bonds is 4. The minimum Gasteiger partial charge on any atom is -0.383 e. The number of sulfone groups is 1. The first-order valence-electron chi connectivity index (χ1n) is 5.71. The summed E-state index contributed by atoms with van der Waals surface area (Å²) in [5.41, 5.74) is -0.104. The first-order valence-corrected chi connectivity index (χ1v) is 8.46. The minimum atomic E-state index is -3.29. The van der Waals surface area contributed by atoms with Crippen LogP contribution in [0.1, 0.15) is 11.5 Å². The van der Waals surface area contributed by atoms with E-state index in [0.717, 1.165) is 10.0 Å². The Morgan fingerprint density at radius 3 is 2.42 bits per heavy atom. The normalized spacial score (nSPS) is 29.8. The lowest BCUT2D eigenvalue weighted by molar-refractivity contribution is 0.162. The van der Waals surface area contributed by atoms with Crippen LogP contribution < -0.4 is 0 Å². The molecule has 0 N–H and O–H groups in total. The van der Waals surface area contributed by atoms with E-state index in [0.29, 0.717) is 0 Å². The number of hydrogen-bond donors (Lipinski definition) is 0. The fourth-order valence-corrected chi connectivity index (χ4v) is 4.86. The zero-order valence-electron chi connectivity index (χ0n) is 10.6. The second-order valence-electron chi connectivity index (χ2n) is 4.86. The molecule has 4 nitrogen and oxygen atoms in total. The summed E-state index contributed by atoms with van der Waals surface area (Å²) in [7, 11) is -1.81. The number of nitriles is 1. The minimum absolute atomic E-state index is 0.127. The monoisotopic (exact) mass is 343 g/mol. The Hall–Kier alpha value is -0.900. The third kappa shape index (κ3) is 2.42. The molecule has 102 valence electrons. The second-order valence-corrected chi connectivity index (χ2v) is 7.95. The third-order valence-corrected chi connectivity index (χ3v) is 5.68. The van der Waals surface area contributed by atoms with Crippen LogP contribution in [0.25, 0.3) is 0 Å². The Kier molecular flexibility index (Phi) is 3.74. The van der Waals surface area contributed by atoms with Crippen LogP contribution in [0.15, 0.2) is 28.7 Å². The van der Waals surface area contributed by atoms with Crippen LogP contribution in [0.4, 0.5) is 0 Å². The summed E-state index contributed by atoms with van der Waals surface area (Å²) < 4.78 is 29.7. The molecule has 19 heavy (non-hydrogen) atoms. The summed E-state index contributed by atoms with van der Waals surface area (Å²) in [6, 6.07) is 9.55. The first-order chi connectivity index (χ1) is 8.86. The van der Waals surface area contributed by atoms with Crippen LogP contribution >= 0.6 is 15.9 Å².